The van der Waals surface area contributed by atoms with E-state index in [1.54, 1.807) is 4.57 Å². The fourth-order valence-corrected chi connectivity index (χ4v) is 3.32. The number of hydrogen-bond acceptors (Lipinski definition) is 8. The Bertz CT molecular complexity index is 733. The van der Waals surface area contributed by atoms with Crippen molar-refractivity contribution in [3.63, 3.8) is 0 Å². The number of aromatic nitrogens is 4. The number of anilines is 1. The maximum absolute atomic E-state index is 10.3. The van der Waals surface area contributed by atoms with Crippen LogP contribution in [-0.2, 0) is 6.54 Å². The van der Waals surface area contributed by atoms with Gasteiger partial charge in [-0.1, -0.05) is 13.3 Å². The number of likely N-dealkylation sites (tertiary alicyclic amines) is 1. The molecule has 1 aliphatic heterocycles. The molecular weight excluding hydrogens is 372 g/mol. The second-order valence-corrected chi connectivity index (χ2v) is 6.80. The highest BCUT2D eigenvalue weighted by molar-refractivity contribution is 5.85. The molecular formula is C17H29ClN6O3. The SMILES string of the molecule is CCCCOc1nc(N)c2nc(O)n(CC3CCN(CCO)CC3)c2n1.Cl. The van der Waals surface area contributed by atoms with Crippen molar-refractivity contribution in [2.75, 3.05) is 38.6 Å². The standard InChI is InChI=1S/C17H28N6O3.ClH/c1-2-3-10-26-16-20-14(18)13-15(21-16)23(17(25)19-13)11-12-4-6-22(7-5-12)8-9-24;/h12,24H,2-11H2,1H3,(H,19,25)(H2,18,20,21);1H. The molecule has 4 N–H and O–H groups in total. The van der Waals surface area contributed by atoms with Crippen LogP contribution >= 0.6 is 12.4 Å². The fraction of sp³-hybridized carbons (Fsp3) is 0.706. The first kappa shape index (κ1) is 21.5. The smallest absolute Gasteiger partial charge is 0.320 e. The van der Waals surface area contributed by atoms with Crippen LogP contribution in [0.2, 0.25) is 0 Å². The predicted molar refractivity (Wildman–Crippen MR) is 105 cm³/mol. The molecule has 0 aliphatic carbocycles. The number of nitrogen functional groups attached to an aromatic ring is 1. The molecule has 1 fully saturated rings. The van der Waals surface area contributed by atoms with Crippen LogP contribution in [0.4, 0.5) is 5.82 Å². The third-order valence-corrected chi connectivity index (χ3v) is 4.87. The monoisotopic (exact) mass is 400 g/mol. The Morgan fingerprint density at radius 1 is 1.22 bits per heavy atom. The molecule has 9 nitrogen and oxygen atoms in total. The number of nitrogens with two attached hydrogens (primary N) is 1. The van der Waals surface area contributed by atoms with Crippen LogP contribution in [-0.4, -0.2) is 67.5 Å². The van der Waals surface area contributed by atoms with Crippen molar-refractivity contribution in [3.8, 4) is 12.0 Å². The van der Waals surface area contributed by atoms with Crippen LogP contribution in [0.5, 0.6) is 12.0 Å². The number of hydrogen-bond donors (Lipinski definition) is 3. The third kappa shape index (κ3) is 5.12. The lowest BCUT2D eigenvalue weighted by molar-refractivity contribution is 0.140. The summed E-state index contributed by atoms with van der Waals surface area (Å²) in [6.07, 6.45) is 3.93. The van der Waals surface area contributed by atoms with E-state index >= 15 is 0 Å². The highest BCUT2D eigenvalue weighted by Gasteiger charge is 2.23. The molecule has 0 radical (unpaired) electrons. The van der Waals surface area contributed by atoms with E-state index in [2.05, 4.69) is 26.8 Å². The number of aliphatic hydroxyl groups excluding tert-OH is 1. The molecule has 0 atom stereocenters. The molecule has 27 heavy (non-hydrogen) atoms. The Morgan fingerprint density at radius 2 is 1.96 bits per heavy atom. The number of unbranched alkanes of at least 4 members (excludes halogenated alkanes) is 1. The maximum atomic E-state index is 10.3. The van der Waals surface area contributed by atoms with Gasteiger partial charge in [0.05, 0.1) is 13.2 Å². The molecule has 3 heterocycles. The van der Waals surface area contributed by atoms with Gasteiger partial charge in [0.15, 0.2) is 17.0 Å². The minimum absolute atomic E-state index is 0. The highest BCUT2D eigenvalue weighted by Crippen LogP contribution is 2.28. The van der Waals surface area contributed by atoms with Gasteiger partial charge >= 0.3 is 6.01 Å². The molecule has 0 unspecified atom stereocenters. The van der Waals surface area contributed by atoms with Crippen LogP contribution in [0.3, 0.4) is 0 Å². The van der Waals surface area contributed by atoms with Crippen LogP contribution in [0, 0.1) is 5.92 Å². The second-order valence-electron chi connectivity index (χ2n) is 6.80. The Labute approximate surface area is 165 Å². The van der Waals surface area contributed by atoms with Gasteiger partial charge in [0, 0.05) is 13.1 Å². The zero-order valence-corrected chi connectivity index (χ0v) is 16.5. The summed E-state index contributed by atoms with van der Waals surface area (Å²) in [5.74, 6) is 0.627. The summed E-state index contributed by atoms with van der Waals surface area (Å²) in [5, 5.41) is 19.3. The van der Waals surface area contributed by atoms with Crippen molar-refractivity contribution < 1.29 is 14.9 Å². The van der Waals surface area contributed by atoms with E-state index in [0.717, 1.165) is 38.8 Å². The van der Waals surface area contributed by atoms with E-state index in [1.165, 1.54) is 0 Å². The minimum atomic E-state index is -0.0931. The number of imidazole rings is 1. The van der Waals surface area contributed by atoms with E-state index in [1.807, 2.05) is 0 Å². The number of nitrogens with zero attached hydrogens (tertiary/aromatic N) is 5. The molecule has 0 amide bonds. The number of fused-ring (bicyclic) bond motifs is 1. The molecule has 1 aliphatic rings. The molecule has 152 valence electrons. The van der Waals surface area contributed by atoms with E-state index in [4.69, 9.17) is 15.6 Å². The lowest BCUT2D eigenvalue weighted by Crippen LogP contribution is -2.36. The van der Waals surface area contributed by atoms with Crippen molar-refractivity contribution in [1.29, 1.82) is 0 Å². The maximum Gasteiger partial charge on any atom is 0.320 e. The van der Waals surface area contributed by atoms with E-state index in [9.17, 15) is 5.11 Å². The number of ether oxygens (including phenoxy) is 1. The van der Waals surface area contributed by atoms with E-state index < -0.39 is 0 Å². The summed E-state index contributed by atoms with van der Waals surface area (Å²) in [4.78, 5) is 14.9. The molecule has 0 bridgehead atoms. The molecule has 2 aromatic heterocycles. The summed E-state index contributed by atoms with van der Waals surface area (Å²) in [7, 11) is 0. The van der Waals surface area contributed by atoms with Crippen molar-refractivity contribution in [2.45, 2.75) is 39.2 Å². The number of piperidine rings is 1. The van der Waals surface area contributed by atoms with Crippen LogP contribution in [0.15, 0.2) is 0 Å². The predicted octanol–water partition coefficient (Wildman–Crippen LogP) is 1.42. The average molecular weight is 401 g/mol. The van der Waals surface area contributed by atoms with Gasteiger partial charge < -0.3 is 25.6 Å². The van der Waals surface area contributed by atoms with Gasteiger partial charge in [-0.3, -0.25) is 4.57 Å². The summed E-state index contributed by atoms with van der Waals surface area (Å²) < 4.78 is 7.28. The largest absolute Gasteiger partial charge is 0.480 e. The first-order valence-electron chi connectivity index (χ1n) is 9.31. The summed E-state index contributed by atoms with van der Waals surface area (Å²) >= 11 is 0. The Balaban J connectivity index is 0.00000261. The van der Waals surface area contributed by atoms with Crippen LogP contribution < -0.4 is 10.5 Å². The lowest BCUT2D eigenvalue weighted by Gasteiger charge is -2.31. The van der Waals surface area contributed by atoms with Gasteiger partial charge in [-0.25, -0.2) is 0 Å². The molecule has 0 aromatic carbocycles. The molecule has 3 rings (SSSR count). The van der Waals surface area contributed by atoms with E-state index in [0.29, 0.717) is 36.8 Å². The third-order valence-electron chi connectivity index (χ3n) is 4.87. The number of aromatic hydroxyl groups is 1. The van der Waals surface area contributed by atoms with Gasteiger partial charge in [0.2, 0.25) is 0 Å². The Kier molecular flexibility index (Phi) is 7.88. The number of β-amino-alcohol motifs (C(OH)–C–C–N with tert-alkyl or cyclic N) is 1. The Morgan fingerprint density at radius 3 is 2.63 bits per heavy atom. The molecule has 0 saturated carbocycles. The lowest BCUT2D eigenvalue weighted by atomic mass is 9.97. The van der Waals surface area contributed by atoms with Gasteiger partial charge in [-0.15, -0.1) is 12.4 Å². The van der Waals surface area contributed by atoms with Crippen molar-refractivity contribution in [3.05, 3.63) is 0 Å². The quantitative estimate of drug-likeness (QED) is 0.568. The van der Waals surface area contributed by atoms with Crippen molar-refractivity contribution in [2.24, 2.45) is 5.92 Å². The Hall–Kier alpha value is -1.84. The first-order valence-corrected chi connectivity index (χ1v) is 9.31. The van der Waals surface area contributed by atoms with Gasteiger partial charge in [0.1, 0.15) is 0 Å². The van der Waals surface area contributed by atoms with Crippen LogP contribution in [0.25, 0.3) is 11.2 Å². The second kappa shape index (κ2) is 9.91. The van der Waals surface area contributed by atoms with Crippen molar-refractivity contribution in [1.82, 2.24) is 24.4 Å². The topological polar surface area (TPSA) is 123 Å². The zero-order chi connectivity index (χ0) is 18.5. The van der Waals surface area contributed by atoms with Crippen molar-refractivity contribution >= 4 is 29.4 Å². The van der Waals surface area contributed by atoms with Gasteiger partial charge in [-0.2, -0.15) is 15.0 Å². The summed E-state index contributed by atoms with van der Waals surface area (Å²) in [6, 6.07) is 0.131. The molecule has 10 heteroatoms. The fourth-order valence-electron chi connectivity index (χ4n) is 3.32. The highest BCUT2D eigenvalue weighted by atomic mass is 35.5. The first-order chi connectivity index (χ1) is 12.6. The molecule has 2 aromatic rings. The number of aliphatic hydroxyl groups is 1. The normalized spacial score (nSPS) is 15.8. The zero-order valence-electron chi connectivity index (χ0n) is 15.7. The summed E-state index contributed by atoms with van der Waals surface area (Å²) in [5.41, 5.74) is 6.90. The van der Waals surface area contributed by atoms with E-state index in [-0.39, 0.29) is 36.9 Å². The minimum Gasteiger partial charge on any atom is -0.480 e. The summed E-state index contributed by atoms with van der Waals surface area (Å²) in [6.45, 7) is 6.04. The molecule has 0 spiro atoms. The number of rotatable bonds is 8. The molecule has 1 saturated heterocycles. The van der Waals surface area contributed by atoms with Gasteiger partial charge in [-0.05, 0) is 38.3 Å². The van der Waals surface area contributed by atoms with Gasteiger partial charge in [0.25, 0.3) is 6.01 Å². The average Bonchev–Trinajstić information content (AvgIpc) is 2.94. The number of halogens is 1. The van der Waals surface area contributed by atoms with Crippen LogP contribution in [0.1, 0.15) is 32.6 Å².